The van der Waals surface area contributed by atoms with Gasteiger partial charge in [-0.05, 0) is 63.7 Å². The van der Waals surface area contributed by atoms with Gasteiger partial charge in [0.2, 0.25) is 0 Å². The number of hydrogen-bond acceptors (Lipinski definition) is 9. The van der Waals surface area contributed by atoms with Crippen LogP contribution in [0.25, 0.3) is 27.1 Å². The van der Waals surface area contributed by atoms with Crippen LogP contribution in [-0.4, -0.2) is 49.1 Å². The predicted octanol–water partition coefficient (Wildman–Crippen LogP) is 3.05. The molecule has 13 heteroatoms. The van der Waals surface area contributed by atoms with Crippen LogP contribution >= 0.6 is 0 Å². The highest BCUT2D eigenvalue weighted by molar-refractivity contribution is 6.80. The second-order valence-electron chi connectivity index (χ2n) is 12.5. The molecule has 50 heavy (non-hydrogen) atoms. The number of nitrogens with one attached hydrogen (secondary N) is 3. The summed E-state index contributed by atoms with van der Waals surface area (Å²) in [6.45, 7) is -0.685. The number of carbonyl (C=O) groups excluding carboxylic acids is 1. The second kappa shape index (κ2) is 12.0. The Kier molecular flexibility index (Phi) is 7.33. The van der Waals surface area contributed by atoms with E-state index >= 15 is 0 Å². The average molecular weight is 650 g/mol. The van der Waals surface area contributed by atoms with E-state index in [1.165, 1.54) is 7.11 Å². The first-order valence-electron chi connectivity index (χ1n) is 16.2. The summed E-state index contributed by atoms with van der Waals surface area (Å²) in [6.07, 6.45) is -0.685. The van der Waals surface area contributed by atoms with Gasteiger partial charge in [0.1, 0.15) is 6.10 Å². The molecule has 6 aromatic rings. The number of carbonyl (C=O) groups is 1. The molecule has 2 aliphatic heterocycles. The highest BCUT2D eigenvalue weighted by Gasteiger charge is 2.50. The zero-order valence-corrected chi connectivity index (χ0v) is 26.8. The van der Waals surface area contributed by atoms with E-state index in [4.69, 9.17) is 40.1 Å². The van der Waals surface area contributed by atoms with Gasteiger partial charge in [-0.2, -0.15) is 0 Å². The second-order valence-corrected chi connectivity index (χ2v) is 12.5. The molecule has 9 nitrogen and oxygen atoms in total. The molecular weight excluding hydrogens is 624 g/mol. The van der Waals surface area contributed by atoms with Crippen molar-refractivity contribution in [2.45, 2.75) is 12.0 Å². The van der Waals surface area contributed by atoms with Gasteiger partial charge in [0, 0.05) is 38.6 Å². The monoisotopic (exact) mass is 650 g/mol. The highest BCUT2D eigenvalue weighted by atomic mass is 17.2. The number of ketones is 1. The highest BCUT2D eigenvalue weighted by Crippen LogP contribution is 2.47. The van der Waals surface area contributed by atoms with Crippen molar-refractivity contribution < 1.29 is 23.9 Å². The minimum atomic E-state index is -0.685. The fraction of sp³-hybridized carbons (Fsp3) is 0.0811. The summed E-state index contributed by atoms with van der Waals surface area (Å²) in [5, 5.41) is 16.3. The van der Waals surface area contributed by atoms with Crippen molar-refractivity contribution in [2.24, 2.45) is 4.90 Å². The van der Waals surface area contributed by atoms with E-state index in [-0.39, 0.29) is 12.8 Å². The molecule has 0 bridgehead atoms. The molecule has 0 amide bonds. The van der Waals surface area contributed by atoms with Crippen LogP contribution in [0.4, 0.5) is 17.1 Å². The summed E-state index contributed by atoms with van der Waals surface area (Å²) >= 11 is 0. The Morgan fingerprint density at radius 3 is 2.02 bits per heavy atom. The van der Waals surface area contributed by atoms with Gasteiger partial charge in [0.05, 0.1) is 29.9 Å². The molecule has 4 radical (unpaired) electrons. The minimum Gasteiger partial charge on any atom is -0.568 e. The Bertz CT molecular complexity index is 2460. The zero-order chi connectivity index (χ0) is 33.9. The molecule has 236 valence electrons. The lowest BCUT2D eigenvalue weighted by Crippen LogP contribution is -2.52. The summed E-state index contributed by atoms with van der Waals surface area (Å²) in [5.74, 6) is 0.424. The van der Waals surface area contributed by atoms with E-state index in [0.29, 0.717) is 22.3 Å². The van der Waals surface area contributed by atoms with Gasteiger partial charge in [-0.15, -0.1) is 0 Å². The Morgan fingerprint density at radius 1 is 0.700 bits per heavy atom. The first-order chi connectivity index (χ1) is 24.6. The molecular formula is C37H26B4N4O5. The predicted molar refractivity (Wildman–Crippen MR) is 199 cm³/mol. The summed E-state index contributed by atoms with van der Waals surface area (Å²) in [5.41, 5.74) is 5.97. The van der Waals surface area contributed by atoms with Gasteiger partial charge in [0.25, 0.3) is 0 Å². The molecule has 2 unspecified atom stereocenters. The van der Waals surface area contributed by atoms with Gasteiger partial charge in [0.15, 0.2) is 5.78 Å². The lowest BCUT2D eigenvalue weighted by atomic mass is 9.64. The Balaban J connectivity index is 1.19. The molecule has 2 atom stereocenters. The zero-order valence-electron chi connectivity index (χ0n) is 26.8. The maximum Gasteiger partial charge on any atom is 0.427 e. The maximum absolute atomic E-state index is 14.6. The number of hydrogen-bond donors (Lipinski definition) is 3. The fourth-order valence-corrected chi connectivity index (χ4v) is 7.51. The van der Waals surface area contributed by atoms with Crippen molar-refractivity contribution in [1.82, 2.24) is 0 Å². The molecule has 0 spiro atoms. The van der Waals surface area contributed by atoms with Crippen molar-refractivity contribution in [3.05, 3.63) is 125 Å². The number of anilines is 3. The topological polar surface area (TPSA) is 102 Å². The molecule has 9 rings (SSSR count). The molecule has 0 saturated heterocycles. The summed E-state index contributed by atoms with van der Waals surface area (Å²) in [4.78, 5) is 31.1. The third-order valence-corrected chi connectivity index (χ3v) is 9.88. The molecule has 1 fully saturated rings. The molecule has 0 aromatic heterocycles. The van der Waals surface area contributed by atoms with Crippen LogP contribution in [0, 0.1) is 0 Å². The van der Waals surface area contributed by atoms with Crippen molar-refractivity contribution in [1.29, 1.82) is 0 Å². The number of benzene rings is 6. The average Bonchev–Trinajstić information content (AvgIpc) is 3.16. The largest absolute Gasteiger partial charge is 0.568 e. The molecule has 1 saturated carbocycles. The standard InChI is InChI=1S/C37H26B4N4O5/c1-47-50-37-32(26-18-8-20-4-2-6-28-30(20)34(26)44-40(42-28)22-10-14-24(48-38)15-11-22)36(46)33(37)27-19-9-21-5-3-7-29-31(21)35(27)45-41(43-29)23-12-16-25(49-39)17-13-23/h2-19,32,37,42-44H,1H3/b33-27+. The molecule has 3 aliphatic rings. The molecule has 1 aliphatic carbocycles. The molecule has 3 N–H and O–H groups in total. The van der Waals surface area contributed by atoms with Crippen LogP contribution in [0.15, 0.2) is 114 Å². The normalized spacial score (nSPS) is 18.5. The summed E-state index contributed by atoms with van der Waals surface area (Å²) in [7, 11) is 12.2. The van der Waals surface area contributed by atoms with Crippen molar-refractivity contribution in [2.75, 3.05) is 22.8 Å². The smallest absolute Gasteiger partial charge is 0.427 e. The van der Waals surface area contributed by atoms with Crippen LogP contribution in [0.3, 0.4) is 0 Å². The lowest BCUT2D eigenvalue weighted by molar-refractivity contribution is -0.298. The van der Waals surface area contributed by atoms with Crippen molar-refractivity contribution in [3.63, 3.8) is 0 Å². The summed E-state index contributed by atoms with van der Waals surface area (Å²) < 4.78 is 9.77. The van der Waals surface area contributed by atoms with Gasteiger partial charge in [-0.1, -0.05) is 72.8 Å². The Hall–Kier alpha value is -5.64. The van der Waals surface area contributed by atoms with E-state index < -0.39 is 19.0 Å². The van der Waals surface area contributed by atoms with E-state index in [9.17, 15) is 4.79 Å². The third-order valence-electron chi connectivity index (χ3n) is 9.88. The van der Waals surface area contributed by atoms with Crippen LogP contribution in [-0.2, 0) is 14.6 Å². The molecule has 2 heterocycles. The first kappa shape index (κ1) is 30.4. The quantitative estimate of drug-likeness (QED) is 0.138. The van der Waals surface area contributed by atoms with E-state index in [1.807, 2.05) is 91.0 Å². The fourth-order valence-electron chi connectivity index (χ4n) is 7.51. The Labute approximate surface area is 290 Å². The van der Waals surface area contributed by atoms with Crippen LogP contribution in [0.5, 0.6) is 11.5 Å². The number of rotatable bonds is 7. The van der Waals surface area contributed by atoms with Gasteiger partial charge < -0.3 is 29.9 Å². The lowest BCUT2D eigenvalue weighted by Gasteiger charge is -2.39. The SMILES string of the molecule is [B]Oc1ccc(B2N=c3/c(=C4\C(=O)C(c5ccc6cccc7c6c5NB(c5ccc(O[B])cc5)N7)C4OOC)ccc4cccc(c34)N2)cc1. The van der Waals surface area contributed by atoms with E-state index in [1.54, 1.807) is 12.1 Å². The first-order valence-corrected chi connectivity index (χ1v) is 16.2. The molecule has 6 aromatic carbocycles. The van der Waals surface area contributed by atoms with Crippen molar-refractivity contribution >= 4 is 91.0 Å². The number of Topliss-reactive ketones (excluding diaryl/α,β-unsaturated/α-hetero) is 1. The Morgan fingerprint density at radius 2 is 1.34 bits per heavy atom. The minimum absolute atomic E-state index is 0.0516. The van der Waals surface area contributed by atoms with Crippen LogP contribution in [0.2, 0.25) is 0 Å². The van der Waals surface area contributed by atoms with Gasteiger partial charge in [-0.3, -0.25) is 4.79 Å². The van der Waals surface area contributed by atoms with Crippen molar-refractivity contribution in [3.8, 4) is 11.5 Å². The summed E-state index contributed by atoms with van der Waals surface area (Å²) in [6, 6.07) is 35.2. The van der Waals surface area contributed by atoms with Gasteiger partial charge in [-0.25, -0.2) is 9.78 Å². The van der Waals surface area contributed by atoms with E-state index in [0.717, 1.165) is 60.5 Å². The van der Waals surface area contributed by atoms with E-state index in [2.05, 4.69) is 21.7 Å². The van der Waals surface area contributed by atoms with Crippen LogP contribution in [0.1, 0.15) is 11.5 Å². The third kappa shape index (κ3) is 4.76. The van der Waals surface area contributed by atoms with Crippen LogP contribution < -0.4 is 46.5 Å². The number of nitrogens with zero attached hydrogens (tertiary/aromatic N) is 1. The van der Waals surface area contributed by atoms with Gasteiger partial charge >= 0.3 is 30.1 Å². The maximum atomic E-state index is 14.6.